The Balaban J connectivity index is 1.60. The first-order valence-corrected chi connectivity index (χ1v) is 11.5. The summed E-state index contributed by atoms with van der Waals surface area (Å²) in [7, 11) is -3.89. The van der Waals surface area contributed by atoms with E-state index in [0.29, 0.717) is 6.54 Å². The van der Waals surface area contributed by atoms with Crippen LogP contribution in [0.5, 0.6) is 0 Å². The van der Waals surface area contributed by atoms with Crippen LogP contribution in [0.25, 0.3) is 0 Å². The number of carbonyl (C=O) groups excluding carboxylic acids is 2. The third kappa shape index (κ3) is 3.96. The second kappa shape index (κ2) is 8.35. The van der Waals surface area contributed by atoms with Gasteiger partial charge in [-0.3, -0.25) is 9.59 Å². The Morgan fingerprint density at radius 1 is 0.968 bits per heavy atom. The molecule has 1 heterocycles. The number of hydrogen-bond acceptors (Lipinski definition) is 4. The molecule has 3 aromatic carbocycles. The minimum Gasteiger partial charge on any atom is -0.351 e. The van der Waals surface area contributed by atoms with Crippen molar-refractivity contribution in [3.63, 3.8) is 0 Å². The zero-order valence-electron chi connectivity index (χ0n) is 17.0. The standard InChI is InChI=1S/C24H22N2O4S/c1-2-16(17-8-4-3-5-9-17)15-25-23(27)18-12-13-22-20(14-18)26-24(28)19-10-6-7-11-21(19)31(22,29)30/h3-14,16H,2,15H2,1H3,(H,25,27)(H,26,28). The molecular weight excluding hydrogens is 412 g/mol. The number of sulfone groups is 1. The highest BCUT2D eigenvalue weighted by Crippen LogP contribution is 2.34. The highest BCUT2D eigenvalue weighted by Gasteiger charge is 2.31. The van der Waals surface area contributed by atoms with Crippen LogP contribution in [-0.2, 0) is 9.84 Å². The molecule has 0 saturated heterocycles. The first-order valence-electron chi connectivity index (χ1n) is 10.0. The quantitative estimate of drug-likeness (QED) is 0.635. The highest BCUT2D eigenvalue weighted by atomic mass is 32.2. The number of anilines is 1. The minimum atomic E-state index is -3.89. The van der Waals surface area contributed by atoms with E-state index >= 15 is 0 Å². The number of carbonyl (C=O) groups is 2. The molecule has 6 nitrogen and oxygen atoms in total. The van der Waals surface area contributed by atoms with Gasteiger partial charge in [-0.15, -0.1) is 0 Å². The van der Waals surface area contributed by atoms with Crippen LogP contribution in [0.1, 0.15) is 45.5 Å². The summed E-state index contributed by atoms with van der Waals surface area (Å²) >= 11 is 0. The van der Waals surface area contributed by atoms with Crippen LogP contribution in [0, 0.1) is 0 Å². The second-order valence-corrected chi connectivity index (χ2v) is 9.28. The molecule has 1 unspecified atom stereocenters. The number of rotatable bonds is 5. The summed E-state index contributed by atoms with van der Waals surface area (Å²) in [6.07, 6.45) is 0.862. The molecule has 2 N–H and O–H groups in total. The maximum Gasteiger partial charge on any atom is 0.257 e. The predicted octanol–water partition coefficient (Wildman–Crippen LogP) is 4.01. The van der Waals surface area contributed by atoms with E-state index in [4.69, 9.17) is 0 Å². The summed E-state index contributed by atoms with van der Waals surface area (Å²) in [5.41, 5.74) is 1.61. The fourth-order valence-electron chi connectivity index (χ4n) is 3.74. The number of amides is 2. The van der Waals surface area contributed by atoms with Crippen molar-refractivity contribution < 1.29 is 18.0 Å². The van der Waals surface area contributed by atoms with Gasteiger partial charge in [-0.05, 0) is 42.3 Å². The Labute approximate surface area is 181 Å². The first-order chi connectivity index (χ1) is 14.9. The normalized spacial score (nSPS) is 15.1. The number of fused-ring (bicyclic) bond motifs is 2. The van der Waals surface area contributed by atoms with E-state index in [1.165, 1.54) is 30.3 Å². The molecule has 4 rings (SSSR count). The molecule has 1 aliphatic heterocycles. The maximum atomic E-state index is 13.1. The molecule has 2 amide bonds. The molecule has 158 valence electrons. The third-order valence-electron chi connectivity index (χ3n) is 5.47. The molecule has 3 aromatic rings. The lowest BCUT2D eigenvalue weighted by molar-refractivity contribution is 0.0949. The molecule has 0 radical (unpaired) electrons. The lowest BCUT2D eigenvalue weighted by Crippen LogP contribution is -2.28. The van der Waals surface area contributed by atoms with Crippen molar-refractivity contribution in [3.8, 4) is 0 Å². The zero-order valence-corrected chi connectivity index (χ0v) is 17.8. The SMILES string of the molecule is CCC(CNC(=O)c1ccc2c(c1)NC(=O)c1ccccc1S2(=O)=O)c1ccccc1. The van der Waals surface area contributed by atoms with Crippen molar-refractivity contribution in [2.75, 3.05) is 11.9 Å². The Kier molecular flexibility index (Phi) is 5.61. The summed E-state index contributed by atoms with van der Waals surface area (Å²) in [5, 5.41) is 5.55. The largest absolute Gasteiger partial charge is 0.351 e. The van der Waals surface area contributed by atoms with Crippen LogP contribution >= 0.6 is 0 Å². The van der Waals surface area contributed by atoms with Gasteiger partial charge in [-0.2, -0.15) is 0 Å². The van der Waals surface area contributed by atoms with Gasteiger partial charge in [0.15, 0.2) is 0 Å². The molecular formula is C24H22N2O4S. The van der Waals surface area contributed by atoms with Gasteiger partial charge < -0.3 is 10.6 Å². The van der Waals surface area contributed by atoms with Gasteiger partial charge in [0.25, 0.3) is 11.8 Å². The smallest absolute Gasteiger partial charge is 0.257 e. The topological polar surface area (TPSA) is 92.3 Å². The van der Waals surface area contributed by atoms with Gasteiger partial charge in [0.05, 0.1) is 21.0 Å². The van der Waals surface area contributed by atoms with Crippen molar-refractivity contribution in [3.05, 3.63) is 89.5 Å². The molecule has 31 heavy (non-hydrogen) atoms. The van der Waals surface area contributed by atoms with E-state index in [9.17, 15) is 18.0 Å². The summed E-state index contributed by atoms with van der Waals surface area (Å²) in [5.74, 6) is -0.684. The van der Waals surface area contributed by atoms with Crippen molar-refractivity contribution in [1.29, 1.82) is 0 Å². The first kappa shape index (κ1) is 20.8. The second-order valence-electron chi connectivity index (χ2n) is 7.39. The van der Waals surface area contributed by atoms with Gasteiger partial charge in [-0.1, -0.05) is 49.4 Å². The summed E-state index contributed by atoms with van der Waals surface area (Å²) in [6.45, 7) is 2.51. The Hall–Kier alpha value is -3.45. The monoisotopic (exact) mass is 434 g/mol. The van der Waals surface area contributed by atoms with Crippen LogP contribution in [0.3, 0.4) is 0 Å². The van der Waals surface area contributed by atoms with E-state index in [-0.39, 0.29) is 38.4 Å². The van der Waals surface area contributed by atoms with E-state index in [1.807, 2.05) is 30.3 Å². The maximum absolute atomic E-state index is 13.1. The molecule has 1 atom stereocenters. The lowest BCUT2D eigenvalue weighted by atomic mass is 9.96. The van der Waals surface area contributed by atoms with Gasteiger partial charge in [0, 0.05) is 18.0 Å². The van der Waals surface area contributed by atoms with E-state index in [2.05, 4.69) is 17.6 Å². The number of hydrogen-bond donors (Lipinski definition) is 2. The highest BCUT2D eigenvalue weighted by molar-refractivity contribution is 7.91. The lowest BCUT2D eigenvalue weighted by Gasteiger charge is -2.16. The Morgan fingerprint density at radius 3 is 2.42 bits per heavy atom. The molecule has 0 fully saturated rings. The Bertz CT molecular complexity index is 1250. The molecule has 0 aliphatic carbocycles. The third-order valence-corrected chi connectivity index (χ3v) is 7.34. The molecule has 0 bridgehead atoms. The average molecular weight is 435 g/mol. The van der Waals surface area contributed by atoms with Crippen LogP contribution in [0.2, 0.25) is 0 Å². The molecule has 0 spiro atoms. The summed E-state index contributed by atoms with van der Waals surface area (Å²) in [4.78, 5) is 25.3. The molecule has 1 aliphatic rings. The predicted molar refractivity (Wildman–Crippen MR) is 118 cm³/mol. The summed E-state index contributed by atoms with van der Waals surface area (Å²) < 4.78 is 26.1. The molecule has 0 saturated carbocycles. The van der Waals surface area contributed by atoms with E-state index in [1.54, 1.807) is 12.1 Å². The van der Waals surface area contributed by atoms with Crippen LogP contribution in [0.15, 0.2) is 82.6 Å². The van der Waals surface area contributed by atoms with Crippen LogP contribution in [-0.4, -0.2) is 26.8 Å². The molecule has 0 aromatic heterocycles. The Morgan fingerprint density at radius 2 is 1.68 bits per heavy atom. The van der Waals surface area contributed by atoms with Crippen molar-refractivity contribution in [2.45, 2.75) is 29.1 Å². The van der Waals surface area contributed by atoms with Gasteiger partial charge in [-0.25, -0.2) is 8.42 Å². The van der Waals surface area contributed by atoms with E-state index in [0.717, 1.165) is 12.0 Å². The average Bonchev–Trinajstić information content (AvgIpc) is 2.87. The molecule has 7 heteroatoms. The van der Waals surface area contributed by atoms with Crippen molar-refractivity contribution >= 4 is 27.3 Å². The van der Waals surface area contributed by atoms with Crippen molar-refractivity contribution in [1.82, 2.24) is 5.32 Å². The van der Waals surface area contributed by atoms with Gasteiger partial charge >= 0.3 is 0 Å². The fourth-order valence-corrected chi connectivity index (χ4v) is 5.33. The number of benzene rings is 3. The van der Waals surface area contributed by atoms with Gasteiger partial charge in [0.2, 0.25) is 9.84 Å². The van der Waals surface area contributed by atoms with Gasteiger partial charge in [0.1, 0.15) is 0 Å². The zero-order chi connectivity index (χ0) is 22.0. The van der Waals surface area contributed by atoms with Crippen LogP contribution in [0.4, 0.5) is 5.69 Å². The number of nitrogens with one attached hydrogen (secondary N) is 2. The fraction of sp³-hybridized carbons (Fsp3) is 0.167. The minimum absolute atomic E-state index is 0.0296. The van der Waals surface area contributed by atoms with Crippen LogP contribution < -0.4 is 10.6 Å². The summed E-state index contributed by atoms with van der Waals surface area (Å²) in [6, 6.07) is 20.3. The van der Waals surface area contributed by atoms with E-state index < -0.39 is 15.7 Å². The van der Waals surface area contributed by atoms with Crippen molar-refractivity contribution in [2.24, 2.45) is 0 Å².